The van der Waals surface area contributed by atoms with Crippen molar-refractivity contribution in [2.24, 2.45) is 11.8 Å². The van der Waals surface area contributed by atoms with Crippen LogP contribution in [0.15, 0.2) is 18.2 Å². The lowest BCUT2D eigenvalue weighted by Gasteiger charge is -2.21. The molecule has 0 bridgehead atoms. The number of nitrogens with zero attached hydrogens (tertiary/aromatic N) is 1. The minimum Gasteiger partial charge on any atom is -0.489 e. The summed E-state index contributed by atoms with van der Waals surface area (Å²) in [7, 11) is 0. The van der Waals surface area contributed by atoms with Gasteiger partial charge in [-0.3, -0.25) is 14.5 Å². The van der Waals surface area contributed by atoms with Crippen LogP contribution < -0.4 is 4.74 Å². The second kappa shape index (κ2) is 8.11. The number of carbonyl (C=O) groups excluding carboxylic acids is 3. The van der Waals surface area contributed by atoms with Crippen LogP contribution in [-0.2, 0) is 19.1 Å². The summed E-state index contributed by atoms with van der Waals surface area (Å²) in [5.41, 5.74) is 2.04. The average molecular weight is 373 g/mol. The quantitative estimate of drug-likeness (QED) is 0.436. The molecule has 1 aromatic rings. The third-order valence-electron chi connectivity index (χ3n) is 5.59. The number of ether oxygens (including phenoxy) is 2. The number of amides is 2. The van der Waals surface area contributed by atoms with Crippen LogP contribution in [-0.4, -0.2) is 41.9 Å². The van der Waals surface area contributed by atoms with Crippen molar-refractivity contribution in [1.29, 1.82) is 0 Å². The predicted octanol–water partition coefficient (Wildman–Crippen LogP) is 2.79. The molecule has 3 unspecified atom stereocenters. The molecular weight excluding hydrogens is 346 g/mol. The molecule has 146 valence electrons. The number of carbonyl (C=O) groups is 3. The fraction of sp³-hybridized carbons (Fsp3) is 0.571. The number of esters is 1. The molecule has 2 aliphatic rings. The summed E-state index contributed by atoms with van der Waals surface area (Å²) < 4.78 is 11.0. The van der Waals surface area contributed by atoms with Crippen molar-refractivity contribution < 1.29 is 23.9 Å². The lowest BCUT2D eigenvalue weighted by Crippen LogP contribution is -2.44. The van der Waals surface area contributed by atoms with E-state index in [1.165, 1.54) is 0 Å². The largest absolute Gasteiger partial charge is 0.489 e. The molecule has 27 heavy (non-hydrogen) atoms. The van der Waals surface area contributed by atoms with Gasteiger partial charge in [0.05, 0.1) is 11.8 Å². The second-order valence-electron chi connectivity index (χ2n) is 7.46. The topological polar surface area (TPSA) is 72.9 Å². The second-order valence-corrected chi connectivity index (χ2v) is 7.46. The van der Waals surface area contributed by atoms with E-state index in [9.17, 15) is 14.4 Å². The van der Waals surface area contributed by atoms with Crippen molar-refractivity contribution in [1.82, 2.24) is 4.90 Å². The van der Waals surface area contributed by atoms with Crippen molar-refractivity contribution in [3.8, 4) is 5.75 Å². The van der Waals surface area contributed by atoms with Gasteiger partial charge >= 0.3 is 5.97 Å². The molecule has 0 radical (unpaired) electrons. The minimum atomic E-state index is -0.893. The molecule has 1 saturated heterocycles. The molecular formula is C21H27NO5. The van der Waals surface area contributed by atoms with Gasteiger partial charge in [-0.15, -0.1) is 0 Å². The van der Waals surface area contributed by atoms with Gasteiger partial charge in [-0.1, -0.05) is 31.0 Å². The molecule has 1 aliphatic carbocycles. The molecule has 1 aromatic carbocycles. The Balaban J connectivity index is 1.52. The van der Waals surface area contributed by atoms with Gasteiger partial charge < -0.3 is 9.47 Å². The lowest BCUT2D eigenvalue weighted by atomic mass is 9.81. The summed E-state index contributed by atoms with van der Waals surface area (Å²) in [5, 5.41) is 0. The fourth-order valence-corrected chi connectivity index (χ4v) is 4.11. The predicted molar refractivity (Wildman–Crippen MR) is 99.1 cm³/mol. The zero-order valence-corrected chi connectivity index (χ0v) is 16.2. The third kappa shape index (κ3) is 3.84. The van der Waals surface area contributed by atoms with Crippen LogP contribution in [0.25, 0.3) is 0 Å². The van der Waals surface area contributed by atoms with E-state index >= 15 is 0 Å². The van der Waals surface area contributed by atoms with Crippen molar-refractivity contribution in [2.75, 3.05) is 13.2 Å². The van der Waals surface area contributed by atoms with Gasteiger partial charge in [0, 0.05) is 0 Å². The Morgan fingerprint density at radius 2 is 1.63 bits per heavy atom. The normalized spacial score (nSPS) is 23.1. The van der Waals surface area contributed by atoms with E-state index in [1.807, 2.05) is 32.0 Å². The Labute approximate surface area is 159 Å². The number of likely N-dealkylation sites (tertiary alicyclic amines) is 1. The standard InChI is InChI=1S/C21H27NO5/c1-13-7-6-8-14(2)18(13)26-11-12-27-21(25)15(3)22-19(23)16-9-4-5-10-17(16)20(22)24/h6-8,15-17H,4-5,9-12H2,1-3H3. The first kappa shape index (κ1) is 19.4. The lowest BCUT2D eigenvalue weighted by molar-refractivity contribution is -0.158. The van der Waals surface area contributed by atoms with E-state index in [4.69, 9.17) is 9.47 Å². The van der Waals surface area contributed by atoms with Gasteiger partial charge in [-0.05, 0) is 44.7 Å². The Morgan fingerprint density at radius 3 is 2.19 bits per heavy atom. The molecule has 3 rings (SSSR count). The minimum absolute atomic E-state index is 0.0695. The number of rotatable bonds is 6. The first-order chi connectivity index (χ1) is 12.9. The third-order valence-corrected chi connectivity index (χ3v) is 5.59. The number of benzene rings is 1. The van der Waals surface area contributed by atoms with Crippen LogP contribution in [0.1, 0.15) is 43.7 Å². The highest BCUT2D eigenvalue weighted by atomic mass is 16.6. The van der Waals surface area contributed by atoms with Gasteiger partial charge in [0.15, 0.2) is 0 Å². The van der Waals surface area contributed by atoms with Crippen molar-refractivity contribution in [2.45, 2.75) is 52.5 Å². The molecule has 2 fully saturated rings. The maximum absolute atomic E-state index is 12.6. The van der Waals surface area contributed by atoms with Crippen LogP contribution in [0.5, 0.6) is 5.75 Å². The zero-order valence-electron chi connectivity index (χ0n) is 16.2. The maximum Gasteiger partial charge on any atom is 0.329 e. The molecule has 1 heterocycles. The number of fused-ring (bicyclic) bond motifs is 1. The van der Waals surface area contributed by atoms with Crippen LogP contribution in [0.4, 0.5) is 0 Å². The monoisotopic (exact) mass is 373 g/mol. The zero-order chi connectivity index (χ0) is 19.6. The SMILES string of the molecule is Cc1cccc(C)c1OCCOC(=O)C(C)N1C(=O)C2CCCCC2C1=O. The summed E-state index contributed by atoms with van der Waals surface area (Å²) in [4.78, 5) is 38.6. The van der Waals surface area contributed by atoms with Crippen LogP contribution in [0.3, 0.4) is 0 Å². The van der Waals surface area contributed by atoms with Crippen LogP contribution >= 0.6 is 0 Å². The molecule has 6 nitrogen and oxygen atoms in total. The number of imide groups is 1. The number of hydrogen-bond acceptors (Lipinski definition) is 5. The Morgan fingerprint density at radius 1 is 1.07 bits per heavy atom. The van der Waals surface area contributed by atoms with E-state index in [-0.39, 0.29) is 36.9 Å². The Bertz CT molecular complexity index is 700. The molecule has 0 spiro atoms. The first-order valence-corrected chi connectivity index (χ1v) is 9.64. The van der Waals surface area contributed by atoms with Crippen molar-refractivity contribution >= 4 is 17.8 Å². The molecule has 0 aromatic heterocycles. The van der Waals surface area contributed by atoms with Gasteiger partial charge in [-0.25, -0.2) is 4.79 Å². The van der Waals surface area contributed by atoms with E-state index < -0.39 is 12.0 Å². The Hall–Kier alpha value is -2.37. The highest BCUT2D eigenvalue weighted by Gasteiger charge is 2.51. The van der Waals surface area contributed by atoms with E-state index in [0.29, 0.717) is 0 Å². The highest BCUT2D eigenvalue weighted by molar-refractivity contribution is 6.07. The molecule has 3 atom stereocenters. The summed E-state index contributed by atoms with van der Waals surface area (Å²) in [6.45, 7) is 5.76. The van der Waals surface area contributed by atoms with Crippen LogP contribution in [0, 0.1) is 25.7 Å². The maximum atomic E-state index is 12.6. The first-order valence-electron chi connectivity index (χ1n) is 9.64. The van der Waals surface area contributed by atoms with Gasteiger partial charge in [-0.2, -0.15) is 0 Å². The smallest absolute Gasteiger partial charge is 0.329 e. The van der Waals surface area contributed by atoms with Crippen LogP contribution in [0.2, 0.25) is 0 Å². The van der Waals surface area contributed by atoms with E-state index in [0.717, 1.165) is 47.5 Å². The number of para-hydroxylation sites is 1. The van der Waals surface area contributed by atoms with Gasteiger partial charge in [0.1, 0.15) is 25.0 Å². The molecule has 2 amide bonds. The molecule has 1 saturated carbocycles. The van der Waals surface area contributed by atoms with Gasteiger partial charge in [0.25, 0.3) is 0 Å². The summed E-state index contributed by atoms with van der Waals surface area (Å²) >= 11 is 0. The fourth-order valence-electron chi connectivity index (χ4n) is 4.11. The van der Waals surface area contributed by atoms with Gasteiger partial charge in [0.2, 0.25) is 11.8 Å². The van der Waals surface area contributed by atoms with Crippen molar-refractivity contribution in [3.63, 3.8) is 0 Å². The summed E-state index contributed by atoms with van der Waals surface area (Å²) in [6, 6.07) is 4.98. The van der Waals surface area contributed by atoms with E-state index in [1.54, 1.807) is 6.92 Å². The number of hydrogen-bond donors (Lipinski definition) is 0. The highest BCUT2D eigenvalue weighted by Crippen LogP contribution is 2.38. The van der Waals surface area contributed by atoms with Crippen molar-refractivity contribution in [3.05, 3.63) is 29.3 Å². The summed E-state index contributed by atoms with van der Waals surface area (Å²) in [5.74, 6) is -0.736. The molecule has 1 aliphatic heterocycles. The summed E-state index contributed by atoms with van der Waals surface area (Å²) in [6.07, 6.45) is 3.39. The molecule has 6 heteroatoms. The average Bonchev–Trinajstić information content (AvgIpc) is 2.91. The number of aryl methyl sites for hydroxylation is 2. The molecule has 0 N–H and O–H groups in total. The van der Waals surface area contributed by atoms with E-state index in [2.05, 4.69) is 0 Å². The Kier molecular flexibility index (Phi) is 5.82.